The number of likely N-dealkylation sites (N-methyl/N-ethyl adjacent to an activating group) is 1. The lowest BCUT2D eigenvalue weighted by molar-refractivity contribution is 0.126. The van der Waals surface area contributed by atoms with Crippen LogP contribution in [0, 0.1) is 0 Å². The fourth-order valence-electron chi connectivity index (χ4n) is 2.10. The van der Waals surface area contributed by atoms with Gasteiger partial charge in [-0.2, -0.15) is 0 Å². The second kappa shape index (κ2) is 8.28. The highest BCUT2D eigenvalue weighted by atomic mass is 16.3. The summed E-state index contributed by atoms with van der Waals surface area (Å²) < 4.78 is 0. The molecule has 0 aromatic heterocycles. The molecule has 0 aliphatic heterocycles. The van der Waals surface area contributed by atoms with Gasteiger partial charge in [0.1, 0.15) is 0 Å². The number of aryl methyl sites for hydroxylation is 1. The molecule has 0 spiro atoms. The maximum atomic E-state index is 10.2. The van der Waals surface area contributed by atoms with Crippen molar-refractivity contribution in [3.05, 3.63) is 35.4 Å². The molecule has 18 heavy (non-hydrogen) atoms. The lowest BCUT2D eigenvalue weighted by atomic mass is 10.1. The molecule has 1 aromatic carbocycles. The summed E-state index contributed by atoms with van der Waals surface area (Å²) in [6.45, 7) is 6.14. The second-order valence-corrected chi connectivity index (χ2v) is 5.08. The van der Waals surface area contributed by atoms with Crippen LogP contribution in [-0.2, 0) is 6.42 Å². The Balaban J connectivity index is 2.40. The van der Waals surface area contributed by atoms with Gasteiger partial charge in [0, 0.05) is 6.54 Å². The summed E-state index contributed by atoms with van der Waals surface area (Å²) in [6.07, 6.45) is 4.41. The van der Waals surface area contributed by atoms with Crippen LogP contribution in [0.25, 0.3) is 0 Å². The molecule has 0 amide bonds. The first kappa shape index (κ1) is 15.2. The van der Waals surface area contributed by atoms with Crippen LogP contribution in [0.2, 0.25) is 0 Å². The Bertz CT molecular complexity index is 320. The monoisotopic (exact) mass is 249 g/mol. The third-order valence-electron chi connectivity index (χ3n) is 3.40. The molecule has 0 radical (unpaired) electrons. The van der Waals surface area contributed by atoms with Crippen molar-refractivity contribution in [2.75, 3.05) is 20.1 Å². The molecule has 1 N–H and O–H groups in total. The highest BCUT2D eigenvalue weighted by Gasteiger charge is 2.10. The van der Waals surface area contributed by atoms with Crippen molar-refractivity contribution in [1.82, 2.24) is 4.90 Å². The highest BCUT2D eigenvalue weighted by Crippen LogP contribution is 2.15. The van der Waals surface area contributed by atoms with E-state index in [9.17, 15) is 5.11 Å². The van der Waals surface area contributed by atoms with E-state index in [1.165, 1.54) is 24.8 Å². The molecule has 0 bridgehead atoms. The van der Waals surface area contributed by atoms with E-state index < -0.39 is 0 Å². The Morgan fingerprint density at radius 3 is 2.33 bits per heavy atom. The van der Waals surface area contributed by atoms with Gasteiger partial charge in [-0.05, 0) is 37.6 Å². The molecule has 1 unspecified atom stereocenters. The van der Waals surface area contributed by atoms with Gasteiger partial charge in [-0.3, -0.25) is 0 Å². The van der Waals surface area contributed by atoms with Crippen molar-refractivity contribution in [2.24, 2.45) is 0 Å². The zero-order valence-electron chi connectivity index (χ0n) is 12.0. The summed E-state index contributed by atoms with van der Waals surface area (Å²) in [4.78, 5) is 2.22. The van der Waals surface area contributed by atoms with Gasteiger partial charge in [0.05, 0.1) is 6.10 Å². The molecule has 2 heteroatoms. The Labute approximate surface area is 112 Å². The number of hydrogen-bond donors (Lipinski definition) is 1. The van der Waals surface area contributed by atoms with E-state index in [0.29, 0.717) is 0 Å². The SMILES string of the molecule is CCCCCN(C)CC(O)c1ccc(CC)cc1. The zero-order chi connectivity index (χ0) is 13.4. The smallest absolute Gasteiger partial charge is 0.0916 e. The van der Waals surface area contributed by atoms with Crippen LogP contribution in [0.3, 0.4) is 0 Å². The van der Waals surface area contributed by atoms with Crippen LogP contribution >= 0.6 is 0 Å². The van der Waals surface area contributed by atoms with Gasteiger partial charge in [0.25, 0.3) is 0 Å². The predicted octanol–water partition coefficient (Wildman–Crippen LogP) is 3.40. The van der Waals surface area contributed by atoms with Crippen molar-refractivity contribution >= 4 is 0 Å². The first-order valence-electron chi connectivity index (χ1n) is 7.12. The molecule has 0 fully saturated rings. The Morgan fingerprint density at radius 1 is 1.11 bits per heavy atom. The second-order valence-electron chi connectivity index (χ2n) is 5.08. The lowest BCUT2D eigenvalue weighted by Gasteiger charge is -2.20. The largest absolute Gasteiger partial charge is 0.387 e. The van der Waals surface area contributed by atoms with Crippen molar-refractivity contribution in [3.63, 3.8) is 0 Å². The number of aliphatic hydroxyl groups excluding tert-OH is 1. The third kappa shape index (κ3) is 5.19. The molecule has 0 heterocycles. The van der Waals surface area contributed by atoms with Gasteiger partial charge in [0.15, 0.2) is 0 Å². The molecule has 0 saturated heterocycles. The Morgan fingerprint density at radius 2 is 1.78 bits per heavy atom. The van der Waals surface area contributed by atoms with E-state index in [0.717, 1.165) is 25.1 Å². The zero-order valence-corrected chi connectivity index (χ0v) is 12.0. The first-order valence-corrected chi connectivity index (χ1v) is 7.12. The Kier molecular flexibility index (Phi) is 6.99. The van der Waals surface area contributed by atoms with Crippen LogP contribution < -0.4 is 0 Å². The summed E-state index contributed by atoms with van der Waals surface area (Å²) >= 11 is 0. The number of benzene rings is 1. The molecular weight excluding hydrogens is 222 g/mol. The lowest BCUT2D eigenvalue weighted by Crippen LogP contribution is -2.25. The average Bonchev–Trinajstić information content (AvgIpc) is 2.39. The number of nitrogens with zero attached hydrogens (tertiary/aromatic N) is 1. The molecule has 1 rings (SSSR count). The topological polar surface area (TPSA) is 23.5 Å². The minimum absolute atomic E-state index is 0.373. The van der Waals surface area contributed by atoms with E-state index in [1.807, 2.05) is 12.1 Å². The molecular formula is C16H27NO. The van der Waals surface area contributed by atoms with Crippen LogP contribution in [0.15, 0.2) is 24.3 Å². The van der Waals surface area contributed by atoms with Gasteiger partial charge in [-0.1, -0.05) is 51.0 Å². The van der Waals surface area contributed by atoms with Crippen molar-refractivity contribution < 1.29 is 5.11 Å². The Hall–Kier alpha value is -0.860. The standard InChI is InChI=1S/C16H27NO/c1-4-6-7-12-17(3)13-16(18)15-10-8-14(5-2)9-11-15/h8-11,16,18H,4-7,12-13H2,1-3H3. The van der Waals surface area contributed by atoms with Crippen LogP contribution in [-0.4, -0.2) is 30.1 Å². The van der Waals surface area contributed by atoms with Crippen molar-refractivity contribution in [1.29, 1.82) is 0 Å². The van der Waals surface area contributed by atoms with Gasteiger partial charge in [-0.15, -0.1) is 0 Å². The maximum Gasteiger partial charge on any atom is 0.0916 e. The fraction of sp³-hybridized carbons (Fsp3) is 0.625. The fourth-order valence-corrected chi connectivity index (χ4v) is 2.10. The quantitative estimate of drug-likeness (QED) is 0.714. The molecule has 1 aromatic rings. The van der Waals surface area contributed by atoms with Crippen molar-refractivity contribution in [3.8, 4) is 0 Å². The molecule has 2 nitrogen and oxygen atoms in total. The molecule has 0 aliphatic rings. The minimum atomic E-state index is -0.373. The highest BCUT2D eigenvalue weighted by molar-refractivity contribution is 5.24. The molecule has 0 aliphatic carbocycles. The first-order chi connectivity index (χ1) is 8.67. The third-order valence-corrected chi connectivity index (χ3v) is 3.40. The summed E-state index contributed by atoms with van der Waals surface area (Å²) in [7, 11) is 2.08. The number of rotatable bonds is 8. The summed E-state index contributed by atoms with van der Waals surface area (Å²) in [5, 5.41) is 10.2. The van der Waals surface area contributed by atoms with Gasteiger partial charge in [0.2, 0.25) is 0 Å². The summed E-state index contributed by atoms with van der Waals surface area (Å²) in [5.74, 6) is 0. The average molecular weight is 249 g/mol. The van der Waals surface area contributed by atoms with Crippen LogP contribution in [0.1, 0.15) is 50.3 Å². The summed E-state index contributed by atoms with van der Waals surface area (Å²) in [6, 6.07) is 8.30. The van der Waals surface area contributed by atoms with Crippen LogP contribution in [0.5, 0.6) is 0 Å². The molecule has 0 saturated carbocycles. The summed E-state index contributed by atoms with van der Waals surface area (Å²) in [5.41, 5.74) is 2.34. The van der Waals surface area contributed by atoms with E-state index in [4.69, 9.17) is 0 Å². The normalized spacial score (nSPS) is 12.9. The van der Waals surface area contributed by atoms with Gasteiger partial charge >= 0.3 is 0 Å². The van der Waals surface area contributed by atoms with E-state index in [2.05, 4.69) is 37.9 Å². The predicted molar refractivity (Wildman–Crippen MR) is 77.8 cm³/mol. The van der Waals surface area contributed by atoms with Gasteiger partial charge in [-0.25, -0.2) is 0 Å². The molecule has 102 valence electrons. The maximum absolute atomic E-state index is 10.2. The van der Waals surface area contributed by atoms with Crippen LogP contribution in [0.4, 0.5) is 0 Å². The van der Waals surface area contributed by atoms with E-state index in [1.54, 1.807) is 0 Å². The van der Waals surface area contributed by atoms with E-state index >= 15 is 0 Å². The number of unbranched alkanes of at least 4 members (excludes halogenated alkanes) is 2. The molecule has 1 atom stereocenters. The number of hydrogen-bond acceptors (Lipinski definition) is 2. The van der Waals surface area contributed by atoms with E-state index in [-0.39, 0.29) is 6.10 Å². The van der Waals surface area contributed by atoms with Crippen molar-refractivity contribution in [2.45, 2.75) is 45.6 Å². The van der Waals surface area contributed by atoms with Gasteiger partial charge < -0.3 is 10.0 Å². The number of aliphatic hydroxyl groups is 1. The minimum Gasteiger partial charge on any atom is -0.387 e.